The molecule has 0 aliphatic rings. The summed E-state index contributed by atoms with van der Waals surface area (Å²) in [6.07, 6.45) is 7.05. The Kier molecular flexibility index (Phi) is 4.37. The van der Waals surface area contributed by atoms with Gasteiger partial charge in [0.1, 0.15) is 17.6 Å². The van der Waals surface area contributed by atoms with E-state index in [-0.39, 0.29) is 11.5 Å². The van der Waals surface area contributed by atoms with E-state index in [9.17, 15) is 9.59 Å². The van der Waals surface area contributed by atoms with E-state index in [1.807, 2.05) is 6.11 Å². The summed E-state index contributed by atoms with van der Waals surface area (Å²) in [5.41, 5.74) is 0.691. The molecule has 0 saturated heterocycles. The van der Waals surface area contributed by atoms with Crippen LogP contribution in [0.25, 0.3) is 0 Å². The number of hydrogen-bond acceptors (Lipinski definition) is 4. The number of benzene rings is 2. The molecule has 104 valence electrons. The summed E-state index contributed by atoms with van der Waals surface area (Å²) >= 11 is 0. The number of hydrogen-bond donors (Lipinski definition) is 0. The third-order valence-electron chi connectivity index (χ3n) is 2.74. The van der Waals surface area contributed by atoms with Crippen LogP contribution in [0, 0.1) is 12.5 Å². The van der Waals surface area contributed by atoms with Crippen molar-refractivity contribution in [1.82, 2.24) is 0 Å². The van der Waals surface area contributed by atoms with Crippen molar-refractivity contribution in [3.05, 3.63) is 59.7 Å². The Morgan fingerprint density at radius 2 is 1.71 bits per heavy atom. The Balaban J connectivity index is 2.19. The van der Waals surface area contributed by atoms with Crippen LogP contribution in [0.3, 0.4) is 0 Å². The van der Waals surface area contributed by atoms with Gasteiger partial charge in [-0.3, -0.25) is 4.79 Å². The van der Waals surface area contributed by atoms with Crippen LogP contribution >= 0.6 is 0 Å². The lowest BCUT2D eigenvalue weighted by atomic mass is 10.1. The molecule has 0 saturated carbocycles. The second-order valence-electron chi connectivity index (χ2n) is 4.19. The molecule has 2 aromatic carbocycles. The molecule has 0 N–H and O–H groups in total. The van der Waals surface area contributed by atoms with Crippen molar-refractivity contribution < 1.29 is 19.1 Å². The predicted molar refractivity (Wildman–Crippen MR) is 77.3 cm³/mol. The molecular formula is C17H12O4. The second-order valence-corrected chi connectivity index (χ2v) is 4.19. The second kappa shape index (κ2) is 6.40. The highest BCUT2D eigenvalue weighted by atomic mass is 16.5. The average molecular weight is 280 g/mol. The van der Waals surface area contributed by atoms with Crippen molar-refractivity contribution in [3.8, 4) is 24.0 Å². The third-order valence-corrected chi connectivity index (χ3v) is 2.74. The van der Waals surface area contributed by atoms with Crippen molar-refractivity contribution in [2.24, 2.45) is 0 Å². The third kappa shape index (κ3) is 3.48. The van der Waals surface area contributed by atoms with Gasteiger partial charge in [-0.15, -0.1) is 0 Å². The molecule has 2 aromatic rings. The predicted octanol–water partition coefficient (Wildman–Crippen LogP) is 3.08. The summed E-state index contributed by atoms with van der Waals surface area (Å²) in [5.74, 6) is -0.0377. The van der Waals surface area contributed by atoms with Gasteiger partial charge in [0.25, 0.3) is 0 Å². The van der Waals surface area contributed by atoms with Crippen molar-refractivity contribution in [2.45, 2.75) is 6.92 Å². The van der Waals surface area contributed by atoms with Crippen LogP contribution in [0.1, 0.15) is 27.6 Å². The number of Topliss-reactive ketones (excluding diaryl/α,β-unsaturated/α-hetero) is 1. The van der Waals surface area contributed by atoms with E-state index < -0.39 is 5.97 Å². The molecule has 21 heavy (non-hydrogen) atoms. The number of ketones is 1. The van der Waals surface area contributed by atoms with Gasteiger partial charge < -0.3 is 9.47 Å². The van der Waals surface area contributed by atoms with Crippen LogP contribution in [0.5, 0.6) is 11.5 Å². The Hall–Kier alpha value is -3.06. The molecule has 0 aromatic heterocycles. The van der Waals surface area contributed by atoms with Crippen LogP contribution in [-0.2, 0) is 0 Å². The molecule has 0 bridgehead atoms. The van der Waals surface area contributed by atoms with E-state index in [1.165, 1.54) is 19.1 Å². The lowest BCUT2D eigenvalue weighted by Crippen LogP contribution is -2.10. The average Bonchev–Trinajstić information content (AvgIpc) is 2.48. The van der Waals surface area contributed by atoms with Crippen LogP contribution < -0.4 is 9.47 Å². The fourth-order valence-electron chi connectivity index (χ4n) is 1.73. The minimum Gasteiger partial charge on any atom is -0.422 e. The zero-order valence-electron chi connectivity index (χ0n) is 11.3. The number of carbonyl (C=O) groups excluding carboxylic acids is 2. The van der Waals surface area contributed by atoms with Gasteiger partial charge >= 0.3 is 5.97 Å². The van der Waals surface area contributed by atoms with Gasteiger partial charge in [-0.25, -0.2) is 4.79 Å². The van der Waals surface area contributed by atoms with Gasteiger partial charge in [0.05, 0.1) is 11.1 Å². The first-order valence-electron chi connectivity index (χ1n) is 6.16. The molecule has 0 heterocycles. The van der Waals surface area contributed by atoms with E-state index in [0.29, 0.717) is 16.9 Å². The highest BCUT2D eigenvalue weighted by molar-refractivity contribution is 5.99. The first-order chi connectivity index (χ1) is 10.1. The fourth-order valence-corrected chi connectivity index (χ4v) is 1.73. The number of carbonyl (C=O) groups is 2. The highest BCUT2D eigenvalue weighted by Crippen LogP contribution is 2.20. The quantitative estimate of drug-likeness (QED) is 0.374. The maximum atomic E-state index is 12.0. The summed E-state index contributed by atoms with van der Waals surface area (Å²) in [7, 11) is 0. The molecule has 0 spiro atoms. The molecule has 4 heteroatoms. The molecule has 0 aliphatic carbocycles. The first-order valence-corrected chi connectivity index (χ1v) is 6.16. The van der Waals surface area contributed by atoms with Gasteiger partial charge in [-0.05, 0) is 43.3 Å². The van der Waals surface area contributed by atoms with E-state index in [0.717, 1.165) is 0 Å². The van der Waals surface area contributed by atoms with E-state index in [2.05, 4.69) is 0 Å². The zero-order chi connectivity index (χ0) is 15.2. The maximum absolute atomic E-state index is 12.0. The minimum atomic E-state index is -0.559. The monoisotopic (exact) mass is 280 g/mol. The summed E-state index contributed by atoms with van der Waals surface area (Å²) in [5, 5.41) is 0. The van der Waals surface area contributed by atoms with Gasteiger partial charge in [0, 0.05) is 0 Å². The van der Waals surface area contributed by atoms with E-state index >= 15 is 0 Å². The van der Waals surface area contributed by atoms with Gasteiger partial charge in [0.2, 0.25) is 0 Å². The molecular weight excluding hydrogens is 268 g/mol. The summed E-state index contributed by atoms with van der Waals surface area (Å²) in [4.78, 5) is 23.5. The number of ether oxygens (including phenoxy) is 2. The van der Waals surface area contributed by atoms with Crippen LogP contribution in [0.15, 0.2) is 48.5 Å². The van der Waals surface area contributed by atoms with Crippen molar-refractivity contribution >= 4 is 11.8 Å². The fraction of sp³-hybridized carbons (Fsp3) is 0.0588. The number of esters is 1. The smallest absolute Gasteiger partial charge is 0.343 e. The van der Waals surface area contributed by atoms with Crippen molar-refractivity contribution in [1.29, 1.82) is 0 Å². The molecule has 0 fully saturated rings. The van der Waals surface area contributed by atoms with Gasteiger partial charge in [-0.2, -0.15) is 0 Å². The number of para-hydroxylation sites is 1. The lowest BCUT2D eigenvalue weighted by Gasteiger charge is -2.08. The van der Waals surface area contributed by atoms with Crippen LogP contribution in [0.4, 0.5) is 0 Å². The Morgan fingerprint density at radius 1 is 1.05 bits per heavy atom. The van der Waals surface area contributed by atoms with Crippen LogP contribution in [-0.4, -0.2) is 11.8 Å². The van der Waals surface area contributed by atoms with Crippen molar-refractivity contribution in [2.75, 3.05) is 0 Å². The minimum absolute atomic E-state index is 0.170. The SMILES string of the molecule is C#COc1ccc(C(=O)Oc2ccccc2C(C)=O)cc1. The summed E-state index contributed by atoms with van der Waals surface area (Å²) in [6, 6.07) is 12.8. The Labute approximate surface area is 122 Å². The number of terminal acetylenes is 1. The van der Waals surface area contributed by atoms with Crippen molar-refractivity contribution in [3.63, 3.8) is 0 Å². The standard InChI is InChI=1S/C17H12O4/c1-3-20-14-10-8-13(9-11-14)17(19)21-16-7-5-4-6-15(16)12(2)18/h1,4-11H,2H3. The molecule has 0 atom stereocenters. The lowest BCUT2D eigenvalue weighted by molar-refractivity contribution is 0.0733. The van der Waals surface area contributed by atoms with Gasteiger partial charge in [0.15, 0.2) is 5.78 Å². The molecule has 4 nitrogen and oxygen atoms in total. The van der Waals surface area contributed by atoms with E-state index in [1.54, 1.807) is 36.4 Å². The normalized spacial score (nSPS) is 9.52. The maximum Gasteiger partial charge on any atom is 0.343 e. The molecule has 0 radical (unpaired) electrons. The molecule has 0 unspecified atom stereocenters. The Morgan fingerprint density at radius 3 is 2.33 bits per heavy atom. The van der Waals surface area contributed by atoms with Gasteiger partial charge in [-0.1, -0.05) is 18.6 Å². The number of rotatable bonds is 4. The molecule has 2 rings (SSSR count). The zero-order valence-corrected chi connectivity index (χ0v) is 11.3. The topological polar surface area (TPSA) is 52.6 Å². The van der Waals surface area contributed by atoms with E-state index in [4.69, 9.17) is 15.9 Å². The summed E-state index contributed by atoms with van der Waals surface area (Å²) in [6.45, 7) is 1.42. The largest absolute Gasteiger partial charge is 0.422 e. The Bertz CT molecular complexity index is 708. The van der Waals surface area contributed by atoms with Crippen LogP contribution in [0.2, 0.25) is 0 Å². The first kappa shape index (κ1) is 14.4. The highest BCUT2D eigenvalue weighted by Gasteiger charge is 2.13. The summed E-state index contributed by atoms with van der Waals surface area (Å²) < 4.78 is 10.1. The molecule has 0 amide bonds. The molecule has 0 aliphatic heterocycles.